The van der Waals surface area contributed by atoms with Crippen molar-refractivity contribution in [1.29, 1.82) is 0 Å². The van der Waals surface area contributed by atoms with Crippen LogP contribution in [0.1, 0.15) is 45.0 Å². The summed E-state index contributed by atoms with van der Waals surface area (Å²) in [6.07, 6.45) is 2.80. The molecule has 1 amide bonds. The van der Waals surface area contributed by atoms with Gasteiger partial charge < -0.3 is 10.2 Å². The van der Waals surface area contributed by atoms with Gasteiger partial charge in [0.25, 0.3) is 0 Å². The lowest BCUT2D eigenvalue weighted by Crippen LogP contribution is -2.49. The number of carbonyl (C=O) groups is 1. The van der Waals surface area contributed by atoms with E-state index < -0.39 is 0 Å². The zero-order valence-electron chi connectivity index (χ0n) is 13.8. The topological polar surface area (TPSA) is 58.1 Å². The van der Waals surface area contributed by atoms with Gasteiger partial charge >= 0.3 is 0 Å². The smallest absolute Gasteiger partial charge is 0.222 e. The predicted molar refractivity (Wildman–Crippen MR) is 89.4 cm³/mol. The third-order valence-electron chi connectivity index (χ3n) is 4.01. The van der Waals surface area contributed by atoms with Gasteiger partial charge in [0.15, 0.2) is 0 Å². The highest BCUT2D eigenvalue weighted by atomic mass is 35.5. The van der Waals surface area contributed by atoms with Crippen molar-refractivity contribution < 1.29 is 4.79 Å². The Kier molecular flexibility index (Phi) is 5.62. The molecule has 1 N–H and O–H groups in total. The summed E-state index contributed by atoms with van der Waals surface area (Å²) in [4.78, 5) is 23.1. The Balaban J connectivity index is 2.15. The molecule has 2 heterocycles. The number of anilines is 1. The summed E-state index contributed by atoms with van der Waals surface area (Å²) in [6.45, 7) is 9.51. The second kappa shape index (κ2) is 7.27. The monoisotopic (exact) mass is 324 g/mol. The summed E-state index contributed by atoms with van der Waals surface area (Å²) in [7, 11) is 0. The Morgan fingerprint density at radius 1 is 1.45 bits per heavy atom. The molecule has 1 unspecified atom stereocenters. The highest BCUT2D eigenvalue weighted by molar-refractivity contribution is 6.30. The zero-order valence-corrected chi connectivity index (χ0v) is 14.6. The van der Waals surface area contributed by atoms with E-state index in [1.165, 1.54) is 0 Å². The maximum atomic E-state index is 11.9. The van der Waals surface area contributed by atoms with E-state index in [4.69, 9.17) is 11.6 Å². The van der Waals surface area contributed by atoms with E-state index in [1.54, 1.807) is 0 Å². The maximum absolute atomic E-state index is 11.9. The molecule has 22 heavy (non-hydrogen) atoms. The first-order valence-electron chi connectivity index (χ1n) is 8.00. The van der Waals surface area contributed by atoms with E-state index in [9.17, 15) is 4.79 Å². The molecule has 1 aliphatic heterocycles. The molecule has 1 aromatic rings. The number of hydrogen-bond donors (Lipinski definition) is 1. The molecule has 1 atom stereocenters. The molecule has 2 rings (SSSR count). The number of amides is 1. The molecule has 1 fully saturated rings. The van der Waals surface area contributed by atoms with E-state index in [0.717, 1.165) is 49.6 Å². The molecule has 6 heteroatoms. The maximum Gasteiger partial charge on any atom is 0.222 e. The molecule has 0 bridgehead atoms. The van der Waals surface area contributed by atoms with Crippen molar-refractivity contribution in [2.24, 2.45) is 5.92 Å². The summed E-state index contributed by atoms with van der Waals surface area (Å²) in [5.41, 5.74) is 0.912. The third-order valence-corrected chi connectivity index (χ3v) is 4.38. The SMILES string of the molecule is CCc1nc(Cl)c(C)c(N2CCCC(NC(=O)C(C)C)C2)n1. The number of aryl methyl sites for hydroxylation is 1. The molecular weight excluding hydrogens is 300 g/mol. The van der Waals surface area contributed by atoms with Gasteiger partial charge in [0.05, 0.1) is 0 Å². The van der Waals surface area contributed by atoms with Crippen molar-refractivity contribution in [1.82, 2.24) is 15.3 Å². The summed E-state index contributed by atoms with van der Waals surface area (Å²) >= 11 is 6.23. The predicted octanol–water partition coefficient (Wildman–Crippen LogP) is 2.74. The van der Waals surface area contributed by atoms with E-state index in [1.807, 2.05) is 27.7 Å². The summed E-state index contributed by atoms with van der Waals surface area (Å²) in [5.74, 6) is 1.79. The molecule has 1 saturated heterocycles. The van der Waals surface area contributed by atoms with Gasteiger partial charge in [0.2, 0.25) is 5.91 Å². The second-order valence-electron chi connectivity index (χ2n) is 6.18. The van der Waals surface area contributed by atoms with Crippen LogP contribution in [-0.2, 0) is 11.2 Å². The largest absolute Gasteiger partial charge is 0.354 e. The van der Waals surface area contributed by atoms with Gasteiger partial charge in [-0.2, -0.15) is 0 Å². The first kappa shape index (κ1) is 17.0. The molecule has 122 valence electrons. The van der Waals surface area contributed by atoms with Crippen LogP contribution >= 0.6 is 11.6 Å². The van der Waals surface area contributed by atoms with Crippen molar-refractivity contribution in [3.63, 3.8) is 0 Å². The molecule has 1 aromatic heterocycles. The summed E-state index contributed by atoms with van der Waals surface area (Å²) < 4.78 is 0. The standard InChI is InChI=1S/C16H25ClN4O/c1-5-13-19-14(17)11(4)15(20-13)21-8-6-7-12(9-21)18-16(22)10(2)3/h10,12H,5-9H2,1-4H3,(H,18,22). The van der Waals surface area contributed by atoms with Crippen molar-refractivity contribution in [3.05, 3.63) is 16.5 Å². The average Bonchev–Trinajstić information content (AvgIpc) is 2.50. The van der Waals surface area contributed by atoms with Gasteiger partial charge in [0, 0.05) is 37.0 Å². The van der Waals surface area contributed by atoms with Crippen LogP contribution in [0, 0.1) is 12.8 Å². The normalized spacial score (nSPS) is 18.6. The third kappa shape index (κ3) is 3.88. The minimum absolute atomic E-state index is 0.0114. The van der Waals surface area contributed by atoms with Crippen LogP contribution < -0.4 is 10.2 Å². The molecule has 0 spiro atoms. The Morgan fingerprint density at radius 3 is 2.82 bits per heavy atom. The molecule has 0 aliphatic carbocycles. The van der Waals surface area contributed by atoms with Gasteiger partial charge in [0.1, 0.15) is 16.8 Å². The first-order chi connectivity index (χ1) is 10.4. The fraction of sp³-hybridized carbons (Fsp3) is 0.688. The quantitative estimate of drug-likeness (QED) is 0.865. The van der Waals surface area contributed by atoms with E-state index in [0.29, 0.717) is 5.15 Å². The van der Waals surface area contributed by atoms with Gasteiger partial charge in [-0.25, -0.2) is 9.97 Å². The molecule has 5 nitrogen and oxygen atoms in total. The summed E-state index contributed by atoms with van der Waals surface area (Å²) in [6, 6.07) is 0.168. The Bertz CT molecular complexity index is 547. The van der Waals surface area contributed by atoms with Crippen LogP contribution in [-0.4, -0.2) is 35.0 Å². The number of halogens is 1. The lowest BCUT2D eigenvalue weighted by molar-refractivity contribution is -0.124. The molecular formula is C16H25ClN4O. The Morgan fingerprint density at radius 2 is 2.18 bits per heavy atom. The van der Waals surface area contributed by atoms with E-state index in [-0.39, 0.29) is 17.9 Å². The lowest BCUT2D eigenvalue weighted by Gasteiger charge is -2.35. The highest BCUT2D eigenvalue weighted by Crippen LogP contribution is 2.26. The number of piperidine rings is 1. The van der Waals surface area contributed by atoms with Gasteiger partial charge in [-0.3, -0.25) is 4.79 Å². The van der Waals surface area contributed by atoms with Crippen molar-refractivity contribution >= 4 is 23.3 Å². The van der Waals surface area contributed by atoms with Crippen LogP contribution in [0.5, 0.6) is 0 Å². The van der Waals surface area contributed by atoms with Crippen LogP contribution in [0.3, 0.4) is 0 Å². The van der Waals surface area contributed by atoms with Crippen molar-refractivity contribution in [2.45, 2.75) is 53.0 Å². The molecule has 0 aromatic carbocycles. The number of carbonyl (C=O) groups excluding carboxylic acids is 1. The minimum Gasteiger partial charge on any atom is -0.354 e. The van der Waals surface area contributed by atoms with Crippen molar-refractivity contribution in [2.75, 3.05) is 18.0 Å². The first-order valence-corrected chi connectivity index (χ1v) is 8.38. The van der Waals surface area contributed by atoms with Crippen LogP contribution in [0.4, 0.5) is 5.82 Å². The number of aromatic nitrogens is 2. The van der Waals surface area contributed by atoms with Crippen LogP contribution in [0.25, 0.3) is 0 Å². The summed E-state index contributed by atoms with van der Waals surface area (Å²) in [5, 5.41) is 3.65. The molecule has 0 saturated carbocycles. The fourth-order valence-electron chi connectivity index (χ4n) is 2.64. The number of hydrogen-bond acceptors (Lipinski definition) is 4. The Hall–Kier alpha value is -1.36. The average molecular weight is 325 g/mol. The highest BCUT2D eigenvalue weighted by Gasteiger charge is 2.25. The minimum atomic E-state index is 0.0114. The molecule has 0 radical (unpaired) electrons. The second-order valence-corrected chi connectivity index (χ2v) is 6.54. The van der Waals surface area contributed by atoms with E-state index in [2.05, 4.69) is 20.2 Å². The number of rotatable bonds is 4. The van der Waals surface area contributed by atoms with Gasteiger partial charge in [-0.1, -0.05) is 32.4 Å². The van der Waals surface area contributed by atoms with Crippen LogP contribution in [0.15, 0.2) is 0 Å². The van der Waals surface area contributed by atoms with Gasteiger partial charge in [-0.05, 0) is 19.8 Å². The van der Waals surface area contributed by atoms with Crippen LogP contribution in [0.2, 0.25) is 5.15 Å². The van der Waals surface area contributed by atoms with Crippen molar-refractivity contribution in [3.8, 4) is 0 Å². The van der Waals surface area contributed by atoms with E-state index >= 15 is 0 Å². The fourth-order valence-corrected chi connectivity index (χ4v) is 2.82. The Labute approximate surface area is 137 Å². The lowest BCUT2D eigenvalue weighted by atomic mass is 10.0. The van der Waals surface area contributed by atoms with Gasteiger partial charge in [-0.15, -0.1) is 0 Å². The zero-order chi connectivity index (χ0) is 16.3. The number of nitrogens with one attached hydrogen (secondary N) is 1. The molecule has 1 aliphatic rings. The number of nitrogens with zero attached hydrogens (tertiary/aromatic N) is 3.